The van der Waals surface area contributed by atoms with Gasteiger partial charge in [0.05, 0.1) is 0 Å². The predicted molar refractivity (Wildman–Crippen MR) is 84.7 cm³/mol. The van der Waals surface area contributed by atoms with Crippen molar-refractivity contribution in [1.29, 1.82) is 0 Å². The minimum atomic E-state index is 0.646. The lowest BCUT2D eigenvalue weighted by molar-refractivity contribution is 0.193. The number of aromatic nitrogens is 1. The lowest BCUT2D eigenvalue weighted by Gasteiger charge is -2.29. The fourth-order valence-electron chi connectivity index (χ4n) is 3.78. The molecule has 1 aliphatic rings. The number of benzene rings is 1. The first-order valence-electron chi connectivity index (χ1n) is 7.67. The molecule has 108 valence electrons. The maximum absolute atomic E-state index is 5.92. The zero-order valence-corrected chi connectivity index (χ0v) is 12.5. The molecular formula is C17H25N3. The maximum Gasteiger partial charge on any atom is 0.0459 e. The van der Waals surface area contributed by atoms with Gasteiger partial charge in [-0.3, -0.25) is 4.90 Å². The van der Waals surface area contributed by atoms with Crippen molar-refractivity contribution in [3.63, 3.8) is 0 Å². The van der Waals surface area contributed by atoms with Crippen molar-refractivity contribution < 1.29 is 0 Å². The van der Waals surface area contributed by atoms with Crippen molar-refractivity contribution in [1.82, 2.24) is 9.88 Å². The Morgan fingerprint density at radius 1 is 1.30 bits per heavy atom. The molecule has 2 aromatic rings. The SMILES string of the molecule is Cc1[nH]c2ccccc2c1CN(C)C1CCCC1CN. The van der Waals surface area contributed by atoms with Crippen molar-refractivity contribution in [2.24, 2.45) is 11.7 Å². The Balaban J connectivity index is 1.84. The molecule has 2 unspecified atom stereocenters. The summed E-state index contributed by atoms with van der Waals surface area (Å²) in [5.74, 6) is 0.672. The van der Waals surface area contributed by atoms with Gasteiger partial charge in [-0.1, -0.05) is 24.6 Å². The van der Waals surface area contributed by atoms with E-state index in [1.807, 2.05) is 0 Å². The molecule has 1 aliphatic carbocycles. The van der Waals surface area contributed by atoms with Gasteiger partial charge in [-0.25, -0.2) is 0 Å². The van der Waals surface area contributed by atoms with Crippen molar-refractivity contribution in [2.45, 2.75) is 38.8 Å². The lowest BCUT2D eigenvalue weighted by Crippen LogP contribution is -2.37. The van der Waals surface area contributed by atoms with Gasteiger partial charge in [-0.05, 0) is 50.9 Å². The third-order valence-electron chi connectivity index (χ3n) is 4.92. The second-order valence-corrected chi connectivity index (χ2v) is 6.18. The van der Waals surface area contributed by atoms with Crippen molar-refractivity contribution >= 4 is 10.9 Å². The van der Waals surface area contributed by atoms with Gasteiger partial charge < -0.3 is 10.7 Å². The highest BCUT2D eigenvalue weighted by atomic mass is 15.1. The Bertz CT molecular complexity index is 587. The molecule has 0 amide bonds. The molecule has 0 spiro atoms. The van der Waals surface area contributed by atoms with E-state index in [0.29, 0.717) is 12.0 Å². The van der Waals surface area contributed by atoms with Crippen LogP contribution in [0.5, 0.6) is 0 Å². The Morgan fingerprint density at radius 3 is 2.90 bits per heavy atom. The number of aryl methyl sites for hydroxylation is 1. The monoisotopic (exact) mass is 271 g/mol. The molecule has 0 saturated heterocycles. The molecule has 3 N–H and O–H groups in total. The molecule has 20 heavy (non-hydrogen) atoms. The first kappa shape index (κ1) is 13.7. The van der Waals surface area contributed by atoms with Crippen molar-refractivity contribution in [2.75, 3.05) is 13.6 Å². The van der Waals surface area contributed by atoms with Crippen LogP contribution in [0, 0.1) is 12.8 Å². The van der Waals surface area contributed by atoms with Crippen LogP contribution >= 0.6 is 0 Å². The van der Waals surface area contributed by atoms with Crippen LogP contribution in [0.15, 0.2) is 24.3 Å². The standard InChI is InChI=1S/C17H25N3/c1-12-15(14-7-3-4-8-16(14)19-12)11-20(2)17-9-5-6-13(17)10-18/h3-4,7-8,13,17,19H,5-6,9-11,18H2,1-2H3. The van der Waals surface area contributed by atoms with Gasteiger partial charge in [-0.15, -0.1) is 0 Å². The van der Waals surface area contributed by atoms with Gasteiger partial charge in [0.25, 0.3) is 0 Å². The van der Waals surface area contributed by atoms with Gasteiger partial charge >= 0.3 is 0 Å². The third kappa shape index (κ3) is 2.36. The molecule has 0 bridgehead atoms. The molecule has 1 saturated carbocycles. The molecule has 1 fully saturated rings. The van der Waals surface area contributed by atoms with Crippen LogP contribution in [0.25, 0.3) is 10.9 Å². The summed E-state index contributed by atoms with van der Waals surface area (Å²) in [7, 11) is 2.25. The molecule has 0 aliphatic heterocycles. The third-order valence-corrected chi connectivity index (χ3v) is 4.92. The summed E-state index contributed by atoms with van der Waals surface area (Å²) in [6.45, 7) is 4.01. The van der Waals surface area contributed by atoms with Crippen LogP contribution in [-0.4, -0.2) is 29.5 Å². The quantitative estimate of drug-likeness (QED) is 0.897. The lowest BCUT2D eigenvalue weighted by atomic mass is 10.0. The van der Waals surface area contributed by atoms with E-state index in [1.54, 1.807) is 0 Å². The summed E-state index contributed by atoms with van der Waals surface area (Å²) < 4.78 is 0. The summed E-state index contributed by atoms with van der Waals surface area (Å²) in [5.41, 5.74) is 9.90. The van der Waals surface area contributed by atoms with Crippen LogP contribution in [0.4, 0.5) is 0 Å². The smallest absolute Gasteiger partial charge is 0.0459 e. The number of fused-ring (bicyclic) bond motifs is 1. The number of aromatic amines is 1. The van der Waals surface area contributed by atoms with E-state index in [4.69, 9.17) is 5.73 Å². The molecule has 3 rings (SSSR count). The van der Waals surface area contributed by atoms with Gasteiger partial charge in [-0.2, -0.15) is 0 Å². The molecule has 1 aromatic heterocycles. The van der Waals surface area contributed by atoms with Gasteiger partial charge in [0.2, 0.25) is 0 Å². The van der Waals surface area contributed by atoms with Gasteiger partial charge in [0.15, 0.2) is 0 Å². The Hall–Kier alpha value is -1.32. The number of rotatable bonds is 4. The average Bonchev–Trinajstić information content (AvgIpc) is 3.04. The minimum absolute atomic E-state index is 0.646. The topological polar surface area (TPSA) is 45.0 Å². The number of nitrogens with one attached hydrogen (secondary N) is 1. The first-order chi connectivity index (χ1) is 9.70. The number of para-hydroxylation sites is 1. The number of hydrogen-bond acceptors (Lipinski definition) is 2. The zero-order chi connectivity index (χ0) is 14.1. The van der Waals surface area contributed by atoms with Crippen LogP contribution in [-0.2, 0) is 6.54 Å². The first-order valence-corrected chi connectivity index (χ1v) is 7.67. The summed E-state index contributed by atoms with van der Waals surface area (Å²) in [6.07, 6.45) is 3.90. The predicted octanol–water partition coefficient (Wildman–Crippen LogP) is 3.04. The largest absolute Gasteiger partial charge is 0.358 e. The second kappa shape index (κ2) is 5.58. The van der Waals surface area contributed by atoms with Crippen LogP contribution in [0.1, 0.15) is 30.5 Å². The van der Waals surface area contributed by atoms with Crippen molar-refractivity contribution in [3.05, 3.63) is 35.5 Å². The highest BCUT2D eigenvalue weighted by molar-refractivity contribution is 5.84. The van der Waals surface area contributed by atoms with Crippen molar-refractivity contribution in [3.8, 4) is 0 Å². The fraction of sp³-hybridized carbons (Fsp3) is 0.529. The van der Waals surface area contributed by atoms with E-state index in [1.165, 1.54) is 41.4 Å². The summed E-state index contributed by atoms with van der Waals surface area (Å²) in [4.78, 5) is 6.00. The number of hydrogen-bond donors (Lipinski definition) is 2. The van der Waals surface area contributed by atoms with E-state index in [-0.39, 0.29) is 0 Å². The van der Waals surface area contributed by atoms with E-state index in [2.05, 4.69) is 48.1 Å². The molecular weight excluding hydrogens is 246 g/mol. The molecule has 2 atom stereocenters. The van der Waals surface area contributed by atoms with E-state index in [0.717, 1.165) is 13.1 Å². The van der Waals surface area contributed by atoms with E-state index >= 15 is 0 Å². The number of nitrogens with zero attached hydrogens (tertiary/aromatic N) is 1. The molecule has 1 aromatic carbocycles. The molecule has 1 heterocycles. The number of H-pyrrole nitrogens is 1. The van der Waals surface area contributed by atoms with E-state index < -0.39 is 0 Å². The van der Waals surface area contributed by atoms with Crippen LogP contribution in [0.2, 0.25) is 0 Å². The second-order valence-electron chi connectivity index (χ2n) is 6.18. The van der Waals surface area contributed by atoms with Gasteiger partial charge in [0, 0.05) is 29.2 Å². The highest BCUT2D eigenvalue weighted by Gasteiger charge is 2.29. The Labute approximate surface area is 121 Å². The average molecular weight is 271 g/mol. The molecule has 3 heteroatoms. The maximum atomic E-state index is 5.92. The Kier molecular flexibility index (Phi) is 3.81. The normalized spacial score (nSPS) is 23.0. The molecule has 3 nitrogen and oxygen atoms in total. The fourth-order valence-corrected chi connectivity index (χ4v) is 3.78. The summed E-state index contributed by atoms with van der Waals surface area (Å²) in [6, 6.07) is 9.24. The minimum Gasteiger partial charge on any atom is -0.358 e. The highest BCUT2D eigenvalue weighted by Crippen LogP contribution is 2.31. The Morgan fingerprint density at radius 2 is 2.10 bits per heavy atom. The molecule has 0 radical (unpaired) electrons. The van der Waals surface area contributed by atoms with E-state index in [9.17, 15) is 0 Å². The number of nitrogens with two attached hydrogens (primary N) is 1. The zero-order valence-electron chi connectivity index (χ0n) is 12.5. The summed E-state index contributed by atoms with van der Waals surface area (Å²) in [5, 5.41) is 1.36. The van der Waals surface area contributed by atoms with Gasteiger partial charge in [0.1, 0.15) is 0 Å². The van der Waals surface area contributed by atoms with Crippen LogP contribution in [0.3, 0.4) is 0 Å². The van der Waals surface area contributed by atoms with Crippen LogP contribution < -0.4 is 5.73 Å². The summed E-state index contributed by atoms with van der Waals surface area (Å²) >= 11 is 0.